The largest absolute Gasteiger partial charge is 0.513 e. The second-order valence-corrected chi connectivity index (χ2v) is 6.50. The van der Waals surface area contributed by atoms with Gasteiger partial charge in [0.1, 0.15) is 12.4 Å². The van der Waals surface area contributed by atoms with Crippen molar-refractivity contribution in [3.8, 4) is 5.75 Å². The van der Waals surface area contributed by atoms with E-state index in [0.717, 1.165) is 5.56 Å². The fourth-order valence-electron chi connectivity index (χ4n) is 1.19. The van der Waals surface area contributed by atoms with Gasteiger partial charge in [-0.25, -0.2) is 4.79 Å². The summed E-state index contributed by atoms with van der Waals surface area (Å²) in [5.41, 5.74) is 1.15. The van der Waals surface area contributed by atoms with E-state index in [4.69, 9.17) is 39.5 Å². The number of hydrogen-bond acceptors (Lipinski definition) is 3. The molecule has 0 heterocycles. The van der Waals surface area contributed by atoms with Crippen molar-refractivity contribution < 1.29 is 14.3 Å². The summed E-state index contributed by atoms with van der Waals surface area (Å²) in [5, 5.41) is 0. The van der Waals surface area contributed by atoms with E-state index in [-0.39, 0.29) is 6.61 Å². The van der Waals surface area contributed by atoms with Crippen LogP contribution in [0.15, 0.2) is 24.3 Å². The number of halogens is 3. The van der Waals surface area contributed by atoms with E-state index in [2.05, 4.69) is 18.6 Å². The fourth-order valence-corrected chi connectivity index (χ4v) is 1.35. The van der Waals surface area contributed by atoms with Gasteiger partial charge in [0.15, 0.2) is 0 Å². The monoisotopic (exact) mass is 310 g/mol. The number of ether oxygens (including phenoxy) is 2. The summed E-state index contributed by atoms with van der Waals surface area (Å²) in [6.07, 6.45) is -0.904. The van der Waals surface area contributed by atoms with E-state index in [1.807, 2.05) is 12.1 Å². The lowest BCUT2D eigenvalue weighted by Gasteiger charge is -2.11. The second kappa shape index (κ2) is 6.50. The van der Waals surface area contributed by atoms with Crippen LogP contribution in [-0.2, 0) is 4.74 Å². The molecule has 0 atom stereocenters. The first-order chi connectivity index (χ1) is 8.28. The van der Waals surface area contributed by atoms with Gasteiger partial charge in [0.05, 0.1) is 0 Å². The van der Waals surface area contributed by atoms with Crippen LogP contribution in [0.25, 0.3) is 0 Å². The molecule has 0 saturated carbocycles. The van der Waals surface area contributed by atoms with Gasteiger partial charge in [0.25, 0.3) is 0 Å². The van der Waals surface area contributed by atoms with Crippen LogP contribution in [-0.4, -0.2) is 16.6 Å². The van der Waals surface area contributed by atoms with Gasteiger partial charge >= 0.3 is 6.16 Å². The van der Waals surface area contributed by atoms with Gasteiger partial charge in [-0.05, 0) is 23.6 Å². The van der Waals surface area contributed by atoms with Crippen molar-refractivity contribution in [2.75, 3.05) is 6.61 Å². The Hall–Kier alpha value is -0.640. The average Bonchev–Trinajstić information content (AvgIpc) is 2.26. The number of carbonyl (C=O) groups is 1. The molecule has 0 aliphatic heterocycles. The Balaban J connectivity index is 2.50. The van der Waals surface area contributed by atoms with Crippen LogP contribution in [0.1, 0.15) is 25.3 Å². The van der Waals surface area contributed by atoms with Crippen LogP contribution in [0.4, 0.5) is 4.79 Å². The Bertz CT molecular complexity index is 396. The van der Waals surface area contributed by atoms with Crippen LogP contribution in [0.5, 0.6) is 5.75 Å². The van der Waals surface area contributed by atoms with E-state index in [1.54, 1.807) is 12.1 Å². The van der Waals surface area contributed by atoms with Gasteiger partial charge in [0, 0.05) is 0 Å². The molecule has 1 aromatic carbocycles. The zero-order valence-electron chi connectivity index (χ0n) is 9.95. The van der Waals surface area contributed by atoms with Crippen molar-refractivity contribution in [3.63, 3.8) is 0 Å². The molecule has 0 aliphatic carbocycles. The summed E-state index contributed by atoms with van der Waals surface area (Å²) in [6, 6.07) is 7.13. The molecule has 18 heavy (non-hydrogen) atoms. The number of hydrogen-bond donors (Lipinski definition) is 0. The third-order valence-electron chi connectivity index (χ3n) is 2.10. The molecule has 0 N–H and O–H groups in total. The van der Waals surface area contributed by atoms with Gasteiger partial charge in [-0.15, -0.1) is 0 Å². The maximum Gasteiger partial charge on any atom is 0.513 e. The first-order valence-electron chi connectivity index (χ1n) is 5.29. The number of benzene rings is 1. The topological polar surface area (TPSA) is 35.5 Å². The number of alkyl halides is 3. The Morgan fingerprint density at radius 1 is 1.22 bits per heavy atom. The van der Waals surface area contributed by atoms with Crippen LogP contribution in [0.3, 0.4) is 0 Å². The van der Waals surface area contributed by atoms with Gasteiger partial charge in [0.2, 0.25) is 3.79 Å². The second-order valence-electron chi connectivity index (χ2n) is 3.98. The molecule has 1 aromatic rings. The minimum Gasteiger partial charge on any atom is -0.429 e. The predicted molar refractivity (Wildman–Crippen MR) is 72.8 cm³/mol. The van der Waals surface area contributed by atoms with Crippen LogP contribution < -0.4 is 4.74 Å². The summed E-state index contributed by atoms with van der Waals surface area (Å²) < 4.78 is 7.90. The number of carbonyl (C=O) groups excluding carboxylic acids is 1. The standard InChI is InChI=1S/C12H13Cl3O3/c1-8(2)9-3-5-10(6-4-9)18-11(16)17-7-12(13,14)15/h3-6,8H,7H2,1-2H3. The maximum atomic E-state index is 11.3. The van der Waals surface area contributed by atoms with Crippen molar-refractivity contribution in [3.05, 3.63) is 29.8 Å². The van der Waals surface area contributed by atoms with Crippen molar-refractivity contribution in [2.24, 2.45) is 0 Å². The highest BCUT2D eigenvalue weighted by molar-refractivity contribution is 6.67. The molecular weight excluding hydrogens is 298 g/mol. The molecule has 0 aliphatic rings. The fraction of sp³-hybridized carbons (Fsp3) is 0.417. The normalized spacial score (nSPS) is 11.4. The maximum absolute atomic E-state index is 11.3. The molecule has 6 heteroatoms. The summed E-state index contributed by atoms with van der Waals surface area (Å²) in [5.74, 6) is 0.795. The minimum absolute atomic E-state index is 0.361. The zero-order valence-corrected chi connectivity index (χ0v) is 12.2. The van der Waals surface area contributed by atoms with E-state index >= 15 is 0 Å². The molecule has 0 amide bonds. The number of rotatable bonds is 3. The van der Waals surface area contributed by atoms with Crippen LogP contribution >= 0.6 is 34.8 Å². The molecule has 100 valence electrons. The van der Waals surface area contributed by atoms with Gasteiger partial charge < -0.3 is 9.47 Å². The lowest BCUT2D eigenvalue weighted by atomic mass is 10.0. The first kappa shape index (κ1) is 15.4. The van der Waals surface area contributed by atoms with Crippen molar-refractivity contribution in [1.29, 1.82) is 0 Å². The third-order valence-corrected chi connectivity index (χ3v) is 2.43. The minimum atomic E-state index is -1.64. The summed E-state index contributed by atoms with van der Waals surface area (Å²) in [4.78, 5) is 11.3. The molecule has 3 nitrogen and oxygen atoms in total. The Morgan fingerprint density at radius 3 is 2.22 bits per heavy atom. The molecule has 0 aromatic heterocycles. The van der Waals surface area contributed by atoms with Gasteiger partial charge in [-0.2, -0.15) is 0 Å². The molecule has 0 radical (unpaired) electrons. The average molecular weight is 312 g/mol. The van der Waals surface area contributed by atoms with Crippen LogP contribution in [0.2, 0.25) is 0 Å². The van der Waals surface area contributed by atoms with E-state index in [0.29, 0.717) is 11.7 Å². The Kier molecular flexibility index (Phi) is 5.57. The lowest BCUT2D eigenvalue weighted by molar-refractivity contribution is 0.101. The predicted octanol–water partition coefficient (Wildman–Crippen LogP) is 4.70. The first-order valence-corrected chi connectivity index (χ1v) is 6.42. The Morgan fingerprint density at radius 2 is 1.78 bits per heavy atom. The van der Waals surface area contributed by atoms with Crippen LogP contribution in [0, 0.1) is 0 Å². The quantitative estimate of drug-likeness (QED) is 0.461. The summed E-state index contributed by atoms with van der Waals surface area (Å²) in [6.45, 7) is 3.79. The van der Waals surface area contributed by atoms with E-state index in [9.17, 15) is 4.79 Å². The summed E-state index contributed by atoms with van der Waals surface area (Å²) >= 11 is 16.3. The smallest absolute Gasteiger partial charge is 0.429 e. The van der Waals surface area contributed by atoms with Gasteiger partial charge in [-0.3, -0.25) is 0 Å². The molecular formula is C12H13Cl3O3. The van der Waals surface area contributed by atoms with Crippen molar-refractivity contribution in [2.45, 2.75) is 23.6 Å². The van der Waals surface area contributed by atoms with Crippen molar-refractivity contribution >= 4 is 41.0 Å². The van der Waals surface area contributed by atoms with Gasteiger partial charge in [-0.1, -0.05) is 60.8 Å². The highest BCUT2D eigenvalue weighted by Gasteiger charge is 2.22. The molecule has 0 bridgehead atoms. The van der Waals surface area contributed by atoms with E-state index in [1.165, 1.54) is 0 Å². The highest BCUT2D eigenvalue weighted by atomic mass is 35.6. The molecule has 0 saturated heterocycles. The lowest BCUT2D eigenvalue weighted by Crippen LogP contribution is -2.19. The molecule has 1 rings (SSSR count). The Labute approximate surface area is 121 Å². The highest BCUT2D eigenvalue weighted by Crippen LogP contribution is 2.26. The molecule has 0 spiro atoms. The molecule has 0 fully saturated rings. The molecule has 0 unspecified atom stereocenters. The van der Waals surface area contributed by atoms with Crippen molar-refractivity contribution in [1.82, 2.24) is 0 Å². The zero-order chi connectivity index (χ0) is 13.8. The SMILES string of the molecule is CC(C)c1ccc(OC(=O)OCC(Cl)(Cl)Cl)cc1. The third kappa shape index (κ3) is 5.80. The van der Waals surface area contributed by atoms with E-state index < -0.39 is 9.95 Å². The summed E-state index contributed by atoms with van der Waals surface area (Å²) in [7, 11) is 0.